The fourth-order valence-electron chi connectivity index (χ4n) is 1.52. The molecule has 0 amide bonds. The second-order valence-electron chi connectivity index (χ2n) is 4.42. The van der Waals surface area contributed by atoms with E-state index in [0.29, 0.717) is 12.0 Å². The molecular formula is C15H20O6. The number of carbonyl (C=O) groups is 2. The summed E-state index contributed by atoms with van der Waals surface area (Å²) in [5, 5.41) is 4.08. The van der Waals surface area contributed by atoms with Crippen molar-refractivity contribution in [2.45, 2.75) is 39.5 Å². The summed E-state index contributed by atoms with van der Waals surface area (Å²) in [4.78, 5) is 30.9. The van der Waals surface area contributed by atoms with Crippen molar-refractivity contribution < 1.29 is 29.1 Å². The minimum atomic E-state index is -1.06. The van der Waals surface area contributed by atoms with Gasteiger partial charge in [0.15, 0.2) is 0 Å². The van der Waals surface area contributed by atoms with E-state index in [1.807, 2.05) is 19.1 Å². The molecule has 0 atom stereocenters. The predicted molar refractivity (Wildman–Crippen MR) is 74.3 cm³/mol. The van der Waals surface area contributed by atoms with Crippen molar-refractivity contribution in [1.82, 2.24) is 0 Å². The summed E-state index contributed by atoms with van der Waals surface area (Å²) in [6.45, 7) is 4.16. The summed E-state index contributed by atoms with van der Waals surface area (Å²) in [5.41, 5.74) is 1.45. The van der Waals surface area contributed by atoms with E-state index in [-0.39, 0.29) is 6.61 Å². The number of unbranched alkanes of at least 4 members (excludes halogenated alkanes) is 1. The highest BCUT2D eigenvalue weighted by Gasteiger charge is 2.11. The number of hydrogen-bond donors (Lipinski definition) is 0. The fraction of sp³-hybridized carbons (Fsp3) is 0.467. The minimum Gasteiger partial charge on any atom is -0.432 e. The van der Waals surface area contributed by atoms with Crippen LogP contribution in [0.4, 0.5) is 4.79 Å². The lowest BCUT2D eigenvalue weighted by Crippen LogP contribution is -2.12. The van der Waals surface area contributed by atoms with Crippen LogP contribution in [0.5, 0.6) is 0 Å². The van der Waals surface area contributed by atoms with Gasteiger partial charge in [-0.25, -0.2) is 14.5 Å². The Balaban J connectivity index is 2.33. The van der Waals surface area contributed by atoms with Crippen LogP contribution in [0, 0.1) is 0 Å². The van der Waals surface area contributed by atoms with Gasteiger partial charge in [-0.2, -0.15) is 0 Å². The second-order valence-corrected chi connectivity index (χ2v) is 4.42. The van der Waals surface area contributed by atoms with Crippen molar-refractivity contribution in [2.75, 3.05) is 6.61 Å². The van der Waals surface area contributed by atoms with Crippen LogP contribution in [0.15, 0.2) is 24.3 Å². The highest BCUT2D eigenvalue weighted by Crippen LogP contribution is 2.09. The van der Waals surface area contributed by atoms with Gasteiger partial charge in [-0.15, -0.1) is 0 Å². The Morgan fingerprint density at radius 3 is 2.33 bits per heavy atom. The van der Waals surface area contributed by atoms with E-state index in [1.54, 1.807) is 12.1 Å². The molecule has 116 valence electrons. The molecule has 0 unspecified atom stereocenters. The van der Waals surface area contributed by atoms with Gasteiger partial charge in [-0.1, -0.05) is 32.4 Å². The number of carbonyl (C=O) groups excluding carboxylic acids is 2. The maximum Gasteiger partial charge on any atom is 0.543 e. The van der Waals surface area contributed by atoms with Gasteiger partial charge >= 0.3 is 12.1 Å². The van der Waals surface area contributed by atoms with Crippen LogP contribution in [0.25, 0.3) is 0 Å². The topological polar surface area (TPSA) is 71.1 Å². The lowest BCUT2D eigenvalue weighted by molar-refractivity contribution is -0.452. The van der Waals surface area contributed by atoms with Gasteiger partial charge in [0.2, 0.25) is 0 Å². The first-order valence-electron chi connectivity index (χ1n) is 6.98. The summed E-state index contributed by atoms with van der Waals surface area (Å²) >= 11 is 0. The fourth-order valence-corrected chi connectivity index (χ4v) is 1.52. The van der Waals surface area contributed by atoms with Crippen LogP contribution in [0.3, 0.4) is 0 Å². The molecule has 1 aromatic rings. The number of hydrogen-bond acceptors (Lipinski definition) is 6. The molecule has 0 bridgehead atoms. The maximum absolute atomic E-state index is 11.6. The Morgan fingerprint density at radius 1 is 1.00 bits per heavy atom. The van der Waals surface area contributed by atoms with Gasteiger partial charge in [-0.3, -0.25) is 4.89 Å². The molecule has 0 aromatic heterocycles. The zero-order valence-corrected chi connectivity index (χ0v) is 12.3. The first-order valence-corrected chi connectivity index (χ1v) is 6.98. The van der Waals surface area contributed by atoms with E-state index in [2.05, 4.69) is 26.5 Å². The Hall–Kier alpha value is -2.08. The first-order chi connectivity index (χ1) is 10.2. The van der Waals surface area contributed by atoms with Gasteiger partial charge in [0.05, 0.1) is 17.2 Å². The maximum atomic E-state index is 11.6. The van der Waals surface area contributed by atoms with Crippen LogP contribution in [0.1, 0.15) is 49.0 Å². The molecule has 0 heterocycles. The van der Waals surface area contributed by atoms with E-state index in [4.69, 9.17) is 0 Å². The molecule has 6 nitrogen and oxygen atoms in total. The zero-order chi connectivity index (χ0) is 15.5. The van der Waals surface area contributed by atoms with E-state index in [0.717, 1.165) is 24.8 Å². The molecule has 0 saturated heterocycles. The largest absolute Gasteiger partial charge is 0.543 e. The Kier molecular flexibility index (Phi) is 7.89. The average molecular weight is 296 g/mol. The monoisotopic (exact) mass is 296 g/mol. The van der Waals surface area contributed by atoms with Crippen molar-refractivity contribution in [3.05, 3.63) is 35.4 Å². The standard InChI is InChI=1S/C15H20O6/c1-3-5-6-12-7-9-13(10-8-12)14(16)19-21-20-15(17)18-11-4-2/h7-10H,3-6,11H2,1-2H3. The smallest absolute Gasteiger partial charge is 0.432 e. The van der Waals surface area contributed by atoms with Crippen molar-refractivity contribution in [3.8, 4) is 0 Å². The molecule has 0 aliphatic carbocycles. The molecule has 21 heavy (non-hydrogen) atoms. The summed E-state index contributed by atoms with van der Waals surface area (Å²) < 4.78 is 4.55. The molecule has 6 heteroatoms. The van der Waals surface area contributed by atoms with Gasteiger partial charge in [0.1, 0.15) is 0 Å². The Bertz CT molecular complexity index is 440. The molecule has 0 aliphatic rings. The molecule has 1 aromatic carbocycles. The lowest BCUT2D eigenvalue weighted by Gasteiger charge is -2.04. The van der Waals surface area contributed by atoms with Gasteiger partial charge < -0.3 is 4.74 Å². The number of benzene rings is 1. The number of aryl methyl sites for hydroxylation is 1. The third-order valence-electron chi connectivity index (χ3n) is 2.64. The lowest BCUT2D eigenvalue weighted by atomic mass is 10.1. The summed E-state index contributed by atoms with van der Waals surface area (Å²) in [6, 6.07) is 6.96. The van der Waals surface area contributed by atoms with Gasteiger partial charge in [-0.05, 0) is 37.0 Å². The van der Waals surface area contributed by atoms with E-state index in [1.165, 1.54) is 0 Å². The molecule has 0 saturated carbocycles. The van der Waals surface area contributed by atoms with E-state index >= 15 is 0 Å². The third kappa shape index (κ3) is 6.76. The average Bonchev–Trinajstić information content (AvgIpc) is 2.51. The first kappa shape index (κ1) is 17.0. The minimum absolute atomic E-state index is 0.204. The summed E-state index contributed by atoms with van der Waals surface area (Å²) in [6.07, 6.45) is 2.78. The highest BCUT2D eigenvalue weighted by atomic mass is 17.5. The quantitative estimate of drug-likeness (QED) is 0.414. The second kappa shape index (κ2) is 9.77. The van der Waals surface area contributed by atoms with Crippen molar-refractivity contribution in [1.29, 1.82) is 0 Å². The Labute approximate surface area is 123 Å². The van der Waals surface area contributed by atoms with Gasteiger partial charge in [0.25, 0.3) is 0 Å². The van der Waals surface area contributed by atoms with E-state index in [9.17, 15) is 9.59 Å². The highest BCUT2D eigenvalue weighted by molar-refractivity contribution is 5.88. The van der Waals surface area contributed by atoms with Crippen LogP contribution in [-0.4, -0.2) is 18.7 Å². The van der Waals surface area contributed by atoms with Crippen molar-refractivity contribution in [3.63, 3.8) is 0 Å². The number of ether oxygens (including phenoxy) is 1. The third-order valence-corrected chi connectivity index (χ3v) is 2.64. The molecule has 0 N–H and O–H groups in total. The predicted octanol–water partition coefficient (Wildman–Crippen LogP) is 3.60. The van der Waals surface area contributed by atoms with Crippen molar-refractivity contribution >= 4 is 12.1 Å². The number of rotatable bonds is 8. The SMILES string of the molecule is CCCCc1ccc(C(=O)OOOC(=O)OCCC)cc1. The van der Waals surface area contributed by atoms with Gasteiger partial charge in [0, 0.05) is 0 Å². The molecule has 1 rings (SSSR count). The van der Waals surface area contributed by atoms with Crippen LogP contribution in [-0.2, 0) is 26.0 Å². The molecular weight excluding hydrogens is 276 g/mol. The Morgan fingerprint density at radius 2 is 1.71 bits per heavy atom. The molecule has 0 aliphatic heterocycles. The zero-order valence-electron chi connectivity index (χ0n) is 12.3. The summed E-state index contributed by atoms with van der Waals surface area (Å²) in [7, 11) is 0. The molecule has 0 spiro atoms. The summed E-state index contributed by atoms with van der Waals surface area (Å²) in [5.74, 6) is -0.750. The van der Waals surface area contributed by atoms with E-state index < -0.39 is 12.1 Å². The normalized spacial score (nSPS) is 10.0. The van der Waals surface area contributed by atoms with Crippen molar-refractivity contribution in [2.24, 2.45) is 0 Å². The molecule has 0 radical (unpaired) electrons. The van der Waals surface area contributed by atoms with Crippen LogP contribution >= 0.6 is 0 Å². The molecule has 0 fully saturated rings. The van der Waals surface area contributed by atoms with Crippen LogP contribution in [0.2, 0.25) is 0 Å². The van der Waals surface area contributed by atoms with Crippen LogP contribution < -0.4 is 0 Å².